The third-order valence-electron chi connectivity index (χ3n) is 1.75. The first-order valence-corrected chi connectivity index (χ1v) is 4.85. The molecule has 0 spiro atoms. The number of nitrogens with one attached hydrogen (secondary N) is 1. The van der Waals surface area contributed by atoms with Crippen LogP contribution in [0.15, 0.2) is 12.1 Å². The Kier molecular flexibility index (Phi) is 3.52. The van der Waals surface area contributed by atoms with Gasteiger partial charge in [-0.15, -0.1) is 0 Å². The maximum Gasteiger partial charge on any atom is 0.253 e. The Morgan fingerprint density at radius 2 is 2.13 bits per heavy atom. The highest BCUT2D eigenvalue weighted by Crippen LogP contribution is 2.22. The van der Waals surface area contributed by atoms with Crippen molar-refractivity contribution in [2.24, 2.45) is 0 Å². The summed E-state index contributed by atoms with van der Waals surface area (Å²) < 4.78 is 12.9. The number of nitrogen functional groups attached to an aromatic ring is 1. The topological polar surface area (TPSA) is 55.1 Å². The van der Waals surface area contributed by atoms with Gasteiger partial charge in [0.15, 0.2) is 0 Å². The van der Waals surface area contributed by atoms with E-state index in [-0.39, 0.29) is 28.2 Å². The Bertz CT molecular complexity index is 393. The van der Waals surface area contributed by atoms with E-state index in [4.69, 9.17) is 17.3 Å². The number of amides is 1. The minimum absolute atomic E-state index is 0.0140. The molecule has 0 aliphatic rings. The van der Waals surface area contributed by atoms with Gasteiger partial charge in [0.1, 0.15) is 5.82 Å². The van der Waals surface area contributed by atoms with Crippen LogP contribution in [0.3, 0.4) is 0 Å². The molecule has 1 aromatic rings. The van der Waals surface area contributed by atoms with E-state index in [9.17, 15) is 9.18 Å². The van der Waals surface area contributed by atoms with Crippen molar-refractivity contribution in [3.05, 3.63) is 28.5 Å². The summed E-state index contributed by atoms with van der Waals surface area (Å²) in [5.74, 6) is -0.984. The lowest BCUT2D eigenvalue weighted by atomic mass is 10.1. The first kappa shape index (κ1) is 11.8. The van der Waals surface area contributed by atoms with Crippen LogP contribution in [0.5, 0.6) is 0 Å². The molecule has 0 saturated heterocycles. The molecule has 0 saturated carbocycles. The molecule has 0 atom stereocenters. The van der Waals surface area contributed by atoms with Crippen LogP contribution >= 0.6 is 11.6 Å². The van der Waals surface area contributed by atoms with Crippen molar-refractivity contribution >= 4 is 23.2 Å². The predicted octanol–water partition coefficient (Wildman–Crippen LogP) is 2.20. The summed E-state index contributed by atoms with van der Waals surface area (Å²) in [6.45, 7) is 3.64. The van der Waals surface area contributed by atoms with Crippen molar-refractivity contribution < 1.29 is 9.18 Å². The fourth-order valence-electron chi connectivity index (χ4n) is 1.08. The Balaban J connectivity index is 3.04. The van der Waals surface area contributed by atoms with Gasteiger partial charge in [-0.25, -0.2) is 4.39 Å². The fraction of sp³-hybridized carbons (Fsp3) is 0.300. The zero-order valence-corrected chi connectivity index (χ0v) is 9.23. The third-order valence-corrected chi connectivity index (χ3v) is 2.06. The van der Waals surface area contributed by atoms with E-state index >= 15 is 0 Å². The van der Waals surface area contributed by atoms with E-state index < -0.39 is 5.82 Å². The summed E-state index contributed by atoms with van der Waals surface area (Å²) in [6.07, 6.45) is 0. The maximum absolute atomic E-state index is 12.9. The van der Waals surface area contributed by atoms with E-state index in [2.05, 4.69) is 5.32 Å². The number of hydrogen-bond acceptors (Lipinski definition) is 2. The molecule has 0 bridgehead atoms. The van der Waals surface area contributed by atoms with Gasteiger partial charge in [0.05, 0.1) is 16.3 Å². The van der Waals surface area contributed by atoms with Crippen molar-refractivity contribution in [1.29, 1.82) is 0 Å². The zero-order valence-electron chi connectivity index (χ0n) is 8.47. The summed E-state index contributed by atoms with van der Waals surface area (Å²) >= 11 is 5.72. The largest absolute Gasteiger partial charge is 0.396 e. The number of anilines is 1. The molecule has 1 amide bonds. The molecule has 0 aromatic heterocycles. The minimum atomic E-state index is -0.624. The second-order valence-electron chi connectivity index (χ2n) is 3.48. The molecular formula is C10H12ClFN2O. The normalized spacial score (nSPS) is 10.5. The quantitative estimate of drug-likeness (QED) is 0.766. The van der Waals surface area contributed by atoms with Crippen LogP contribution in [-0.2, 0) is 0 Å². The van der Waals surface area contributed by atoms with Gasteiger partial charge in [-0.1, -0.05) is 11.6 Å². The van der Waals surface area contributed by atoms with Crippen LogP contribution in [0.2, 0.25) is 5.02 Å². The average Bonchev–Trinajstić information content (AvgIpc) is 2.09. The number of halogens is 2. The molecule has 0 heterocycles. The molecule has 0 unspecified atom stereocenters. The highest BCUT2D eigenvalue weighted by atomic mass is 35.5. The van der Waals surface area contributed by atoms with E-state index in [1.165, 1.54) is 6.07 Å². The van der Waals surface area contributed by atoms with Crippen molar-refractivity contribution in [3.8, 4) is 0 Å². The van der Waals surface area contributed by atoms with Crippen molar-refractivity contribution in [2.45, 2.75) is 19.9 Å². The zero-order chi connectivity index (χ0) is 11.6. The third kappa shape index (κ3) is 2.83. The van der Waals surface area contributed by atoms with Crippen LogP contribution in [0.25, 0.3) is 0 Å². The van der Waals surface area contributed by atoms with E-state index in [0.717, 1.165) is 6.07 Å². The van der Waals surface area contributed by atoms with Crippen LogP contribution in [0, 0.1) is 5.82 Å². The summed E-state index contributed by atoms with van der Waals surface area (Å²) in [6, 6.07) is 2.25. The van der Waals surface area contributed by atoms with Crippen molar-refractivity contribution in [1.82, 2.24) is 5.32 Å². The first-order valence-electron chi connectivity index (χ1n) is 4.47. The standard InChI is InChI=1S/C10H12ClFN2O/c1-5(2)14-10(15)6-3-9(13)8(12)4-7(6)11/h3-5H,13H2,1-2H3,(H,14,15). The highest BCUT2D eigenvalue weighted by Gasteiger charge is 2.13. The Morgan fingerprint density at radius 3 is 2.67 bits per heavy atom. The molecule has 0 aliphatic heterocycles. The molecule has 5 heteroatoms. The second kappa shape index (κ2) is 4.49. The molecule has 0 fully saturated rings. The lowest BCUT2D eigenvalue weighted by Gasteiger charge is -2.10. The summed E-state index contributed by atoms with van der Waals surface area (Å²) in [5.41, 5.74) is 5.44. The molecule has 3 N–H and O–H groups in total. The molecule has 0 aliphatic carbocycles. The smallest absolute Gasteiger partial charge is 0.253 e. The van der Waals surface area contributed by atoms with Crippen molar-refractivity contribution in [2.75, 3.05) is 5.73 Å². The van der Waals surface area contributed by atoms with Gasteiger partial charge in [-0.2, -0.15) is 0 Å². The molecule has 1 aromatic carbocycles. The van der Waals surface area contributed by atoms with Crippen LogP contribution in [0.4, 0.5) is 10.1 Å². The van der Waals surface area contributed by atoms with Crippen LogP contribution in [-0.4, -0.2) is 11.9 Å². The van der Waals surface area contributed by atoms with Crippen LogP contribution < -0.4 is 11.1 Å². The minimum Gasteiger partial charge on any atom is -0.396 e. The van der Waals surface area contributed by atoms with E-state index in [0.29, 0.717) is 0 Å². The van der Waals surface area contributed by atoms with Gasteiger partial charge >= 0.3 is 0 Å². The summed E-state index contributed by atoms with van der Waals surface area (Å²) in [4.78, 5) is 11.6. The molecule has 82 valence electrons. The van der Waals surface area contributed by atoms with E-state index in [1.807, 2.05) is 13.8 Å². The number of rotatable bonds is 2. The van der Waals surface area contributed by atoms with Crippen molar-refractivity contribution in [3.63, 3.8) is 0 Å². The van der Waals surface area contributed by atoms with Gasteiger partial charge < -0.3 is 11.1 Å². The predicted molar refractivity (Wildman–Crippen MR) is 58.4 cm³/mol. The SMILES string of the molecule is CC(C)NC(=O)c1cc(N)c(F)cc1Cl. The maximum atomic E-state index is 12.9. The number of nitrogens with two attached hydrogens (primary N) is 1. The monoisotopic (exact) mass is 230 g/mol. The Morgan fingerprint density at radius 1 is 1.53 bits per heavy atom. The molecular weight excluding hydrogens is 219 g/mol. The van der Waals surface area contributed by atoms with Gasteiger partial charge in [0, 0.05) is 6.04 Å². The molecule has 0 radical (unpaired) electrons. The van der Waals surface area contributed by atoms with Gasteiger partial charge in [0.25, 0.3) is 5.91 Å². The molecule has 3 nitrogen and oxygen atoms in total. The number of carbonyl (C=O) groups excluding carboxylic acids is 1. The summed E-state index contributed by atoms with van der Waals surface area (Å²) in [7, 11) is 0. The summed E-state index contributed by atoms with van der Waals surface area (Å²) in [5, 5.41) is 2.70. The average molecular weight is 231 g/mol. The molecule has 15 heavy (non-hydrogen) atoms. The highest BCUT2D eigenvalue weighted by molar-refractivity contribution is 6.34. The van der Waals surface area contributed by atoms with Gasteiger partial charge in [-0.3, -0.25) is 4.79 Å². The fourth-order valence-corrected chi connectivity index (χ4v) is 1.32. The Hall–Kier alpha value is -1.29. The van der Waals surface area contributed by atoms with E-state index in [1.54, 1.807) is 0 Å². The lowest BCUT2D eigenvalue weighted by Crippen LogP contribution is -2.30. The number of carbonyl (C=O) groups is 1. The number of benzene rings is 1. The number of hydrogen-bond donors (Lipinski definition) is 2. The van der Waals surface area contributed by atoms with Gasteiger partial charge in [-0.05, 0) is 26.0 Å². The first-order chi connectivity index (χ1) is 6.91. The molecule has 1 rings (SSSR count). The van der Waals surface area contributed by atoms with Gasteiger partial charge in [0.2, 0.25) is 0 Å². The second-order valence-corrected chi connectivity index (χ2v) is 3.89. The Labute approximate surface area is 92.4 Å². The van der Waals surface area contributed by atoms with Crippen LogP contribution in [0.1, 0.15) is 24.2 Å². The lowest BCUT2D eigenvalue weighted by molar-refractivity contribution is 0.0943.